The molecule has 0 unspecified atom stereocenters. The van der Waals surface area contributed by atoms with Gasteiger partial charge < -0.3 is 14.4 Å². The predicted molar refractivity (Wildman–Crippen MR) is 101 cm³/mol. The first-order chi connectivity index (χ1) is 13.0. The zero-order valence-electron chi connectivity index (χ0n) is 15.7. The molecule has 1 saturated heterocycles. The molecule has 1 aromatic heterocycles. The third-order valence-electron chi connectivity index (χ3n) is 5.08. The van der Waals surface area contributed by atoms with Crippen LogP contribution in [0.25, 0.3) is 11.3 Å². The Morgan fingerprint density at radius 3 is 2.74 bits per heavy atom. The molecule has 27 heavy (non-hydrogen) atoms. The lowest BCUT2D eigenvalue weighted by atomic mass is 9.97. The van der Waals surface area contributed by atoms with Gasteiger partial charge in [-0.05, 0) is 32.6 Å². The Morgan fingerprint density at radius 1 is 1.22 bits per heavy atom. The van der Waals surface area contributed by atoms with Crippen molar-refractivity contribution < 1.29 is 19.1 Å². The number of likely N-dealkylation sites (tertiary alicyclic amines) is 1. The van der Waals surface area contributed by atoms with Crippen molar-refractivity contribution in [3.63, 3.8) is 0 Å². The molecule has 1 amide bonds. The number of carbonyl (C=O) groups excluding carboxylic acids is 1. The fourth-order valence-electron chi connectivity index (χ4n) is 3.55. The highest BCUT2D eigenvalue weighted by atomic mass is 16.4. The number of carbonyl (C=O) groups is 2. The number of nitrogens with zero attached hydrogens (tertiary/aromatic N) is 2. The Kier molecular flexibility index (Phi) is 6.27. The van der Waals surface area contributed by atoms with E-state index < -0.39 is 5.97 Å². The van der Waals surface area contributed by atoms with Gasteiger partial charge in [0.1, 0.15) is 0 Å². The number of carboxylic acid groups (broad SMARTS) is 1. The van der Waals surface area contributed by atoms with E-state index in [1.165, 1.54) is 5.56 Å². The van der Waals surface area contributed by atoms with Gasteiger partial charge in [0.05, 0.1) is 6.20 Å². The summed E-state index contributed by atoms with van der Waals surface area (Å²) in [5, 5.41) is 8.91. The van der Waals surface area contributed by atoms with E-state index in [1.807, 2.05) is 36.1 Å². The number of aryl methyl sites for hydroxylation is 2. The van der Waals surface area contributed by atoms with Crippen molar-refractivity contribution in [1.29, 1.82) is 0 Å². The Balaban J connectivity index is 1.56. The van der Waals surface area contributed by atoms with Gasteiger partial charge >= 0.3 is 5.97 Å². The number of oxazole rings is 1. The van der Waals surface area contributed by atoms with Crippen molar-refractivity contribution >= 4 is 11.9 Å². The van der Waals surface area contributed by atoms with Gasteiger partial charge in [0.2, 0.25) is 5.91 Å². The van der Waals surface area contributed by atoms with Crippen LogP contribution in [-0.2, 0) is 16.0 Å². The molecule has 1 fully saturated rings. The Bertz CT molecular complexity index is 782. The monoisotopic (exact) mass is 370 g/mol. The lowest BCUT2D eigenvalue weighted by molar-refractivity contribution is -0.140. The van der Waals surface area contributed by atoms with E-state index in [9.17, 15) is 9.59 Å². The van der Waals surface area contributed by atoms with Crippen LogP contribution in [0.15, 0.2) is 34.9 Å². The average molecular weight is 370 g/mol. The molecule has 0 saturated carbocycles. The van der Waals surface area contributed by atoms with Crippen LogP contribution in [0.2, 0.25) is 0 Å². The second-order valence-corrected chi connectivity index (χ2v) is 7.15. The third-order valence-corrected chi connectivity index (χ3v) is 5.08. The van der Waals surface area contributed by atoms with Crippen molar-refractivity contribution in [3.8, 4) is 11.3 Å². The standard InChI is InChI=1S/C21H26N2O4/c1-15-5-7-16(8-6-15)18-14-22-19(27-18)10-11-20(24)23-13-3-2-4-17(23)9-12-21(25)26/h5-8,14,17H,2-4,9-13H2,1H3,(H,25,26)/t17-/m1/s1. The van der Waals surface area contributed by atoms with Crippen molar-refractivity contribution in [1.82, 2.24) is 9.88 Å². The Morgan fingerprint density at radius 2 is 2.00 bits per heavy atom. The summed E-state index contributed by atoms with van der Waals surface area (Å²) in [6, 6.07) is 8.07. The number of hydrogen-bond donors (Lipinski definition) is 1. The van der Waals surface area contributed by atoms with Gasteiger partial charge in [-0.15, -0.1) is 0 Å². The lowest BCUT2D eigenvalue weighted by Gasteiger charge is -2.35. The molecular weight excluding hydrogens is 344 g/mol. The summed E-state index contributed by atoms with van der Waals surface area (Å²) in [5.41, 5.74) is 2.15. The third kappa shape index (κ3) is 5.18. The molecule has 144 valence electrons. The highest BCUT2D eigenvalue weighted by Gasteiger charge is 2.27. The van der Waals surface area contributed by atoms with Crippen LogP contribution in [-0.4, -0.2) is 39.5 Å². The van der Waals surface area contributed by atoms with Crippen LogP contribution in [0, 0.1) is 6.92 Å². The van der Waals surface area contributed by atoms with E-state index in [-0.39, 0.29) is 18.4 Å². The number of hydrogen-bond acceptors (Lipinski definition) is 4. The summed E-state index contributed by atoms with van der Waals surface area (Å²) in [4.78, 5) is 29.6. The molecule has 0 spiro atoms. The molecule has 1 aromatic carbocycles. The van der Waals surface area contributed by atoms with E-state index in [1.54, 1.807) is 6.20 Å². The minimum Gasteiger partial charge on any atom is -0.481 e. The van der Waals surface area contributed by atoms with Crippen LogP contribution in [0.3, 0.4) is 0 Å². The molecule has 6 nitrogen and oxygen atoms in total. The van der Waals surface area contributed by atoms with Crippen molar-refractivity contribution in [2.24, 2.45) is 0 Å². The summed E-state index contributed by atoms with van der Waals surface area (Å²) in [6.45, 7) is 2.74. The van der Waals surface area contributed by atoms with Gasteiger partial charge in [0.25, 0.3) is 0 Å². The molecule has 1 aliphatic heterocycles. The topological polar surface area (TPSA) is 83.6 Å². The van der Waals surface area contributed by atoms with Crippen LogP contribution in [0.4, 0.5) is 0 Å². The highest BCUT2D eigenvalue weighted by molar-refractivity contribution is 5.77. The van der Waals surface area contributed by atoms with Crippen LogP contribution in [0.5, 0.6) is 0 Å². The maximum absolute atomic E-state index is 12.6. The normalized spacial score (nSPS) is 17.1. The van der Waals surface area contributed by atoms with E-state index in [4.69, 9.17) is 9.52 Å². The molecular formula is C21H26N2O4. The Labute approximate surface area is 159 Å². The van der Waals surface area contributed by atoms with E-state index in [0.29, 0.717) is 37.5 Å². The molecule has 3 rings (SSSR count). The zero-order chi connectivity index (χ0) is 19.2. The van der Waals surface area contributed by atoms with Crippen molar-refractivity contribution in [3.05, 3.63) is 41.9 Å². The van der Waals surface area contributed by atoms with Gasteiger partial charge in [0.15, 0.2) is 11.7 Å². The number of amides is 1. The second kappa shape index (κ2) is 8.84. The first-order valence-corrected chi connectivity index (χ1v) is 9.56. The minimum atomic E-state index is -0.809. The first kappa shape index (κ1) is 19.1. The van der Waals surface area contributed by atoms with E-state index >= 15 is 0 Å². The zero-order valence-corrected chi connectivity index (χ0v) is 15.7. The molecule has 0 radical (unpaired) electrons. The lowest BCUT2D eigenvalue weighted by Crippen LogP contribution is -2.44. The van der Waals surface area contributed by atoms with Crippen LogP contribution < -0.4 is 0 Å². The molecule has 0 bridgehead atoms. The van der Waals surface area contributed by atoms with Gasteiger partial charge in [-0.3, -0.25) is 9.59 Å². The Hall–Kier alpha value is -2.63. The summed E-state index contributed by atoms with van der Waals surface area (Å²) in [5.74, 6) is 0.504. The van der Waals surface area contributed by atoms with Gasteiger partial charge in [-0.25, -0.2) is 4.98 Å². The van der Waals surface area contributed by atoms with Crippen molar-refractivity contribution in [2.45, 2.75) is 57.9 Å². The number of aliphatic carboxylic acids is 1. The summed E-state index contributed by atoms with van der Waals surface area (Å²) < 4.78 is 5.79. The van der Waals surface area contributed by atoms with Gasteiger partial charge in [-0.1, -0.05) is 29.8 Å². The molecule has 6 heteroatoms. The first-order valence-electron chi connectivity index (χ1n) is 9.56. The number of benzene rings is 1. The molecule has 1 aliphatic rings. The fraction of sp³-hybridized carbons (Fsp3) is 0.476. The smallest absolute Gasteiger partial charge is 0.303 e. The summed E-state index contributed by atoms with van der Waals surface area (Å²) in [7, 11) is 0. The van der Waals surface area contributed by atoms with Gasteiger partial charge in [-0.2, -0.15) is 0 Å². The highest BCUT2D eigenvalue weighted by Crippen LogP contribution is 2.24. The number of aromatic nitrogens is 1. The van der Waals surface area contributed by atoms with Crippen LogP contribution in [0.1, 0.15) is 50.0 Å². The van der Waals surface area contributed by atoms with Gasteiger partial charge in [0, 0.05) is 37.4 Å². The molecule has 2 aromatic rings. The molecule has 0 aliphatic carbocycles. The molecule has 1 atom stereocenters. The maximum atomic E-state index is 12.6. The molecule has 2 heterocycles. The van der Waals surface area contributed by atoms with E-state index in [0.717, 1.165) is 24.8 Å². The SMILES string of the molecule is Cc1ccc(-c2cnc(CCC(=O)N3CCCC[C@@H]3CCC(=O)O)o2)cc1. The van der Waals surface area contributed by atoms with E-state index in [2.05, 4.69) is 4.98 Å². The number of rotatable bonds is 7. The predicted octanol–water partition coefficient (Wildman–Crippen LogP) is 3.83. The summed E-state index contributed by atoms with van der Waals surface area (Å²) >= 11 is 0. The number of piperidine rings is 1. The minimum absolute atomic E-state index is 0.0371. The fourth-order valence-corrected chi connectivity index (χ4v) is 3.55. The number of carboxylic acids is 1. The average Bonchev–Trinajstić information content (AvgIpc) is 3.14. The summed E-state index contributed by atoms with van der Waals surface area (Å²) in [6.07, 6.45) is 6.02. The quantitative estimate of drug-likeness (QED) is 0.801. The largest absolute Gasteiger partial charge is 0.481 e. The van der Waals surface area contributed by atoms with Crippen molar-refractivity contribution in [2.75, 3.05) is 6.54 Å². The maximum Gasteiger partial charge on any atom is 0.303 e. The molecule has 1 N–H and O–H groups in total. The second-order valence-electron chi connectivity index (χ2n) is 7.15. The van der Waals surface area contributed by atoms with Crippen LogP contribution >= 0.6 is 0 Å².